The second-order valence-electron chi connectivity index (χ2n) is 3.57. The average Bonchev–Trinajstić information content (AvgIpc) is 2.82. The number of pyridine rings is 1. The molecule has 0 fully saturated rings. The molecular formula is C11H11FN2O2S2. The van der Waals surface area contributed by atoms with Crippen LogP contribution in [0.3, 0.4) is 0 Å². The van der Waals surface area contributed by atoms with Gasteiger partial charge in [0.2, 0.25) is 5.03 Å². The second-order valence-corrected chi connectivity index (χ2v) is 6.03. The second kappa shape index (κ2) is 5.55. The van der Waals surface area contributed by atoms with Gasteiger partial charge in [0.1, 0.15) is 0 Å². The molecule has 2 aromatic heterocycles. The molecule has 0 aliphatic heterocycles. The number of nitrogens with one attached hydrogen (secondary N) is 1. The molecule has 0 atom stereocenters. The van der Waals surface area contributed by atoms with Crippen LogP contribution in [0, 0.1) is 5.82 Å². The van der Waals surface area contributed by atoms with Crippen molar-refractivity contribution >= 4 is 21.4 Å². The van der Waals surface area contributed by atoms with E-state index in [1.54, 1.807) is 11.3 Å². The molecule has 0 aliphatic rings. The van der Waals surface area contributed by atoms with Gasteiger partial charge < -0.3 is 0 Å². The highest BCUT2D eigenvalue weighted by atomic mass is 32.2. The molecule has 4 nitrogen and oxygen atoms in total. The smallest absolute Gasteiger partial charge is 0.241 e. The zero-order valence-corrected chi connectivity index (χ0v) is 11.0. The predicted octanol–water partition coefficient (Wildman–Crippen LogP) is 1.80. The number of halogens is 1. The van der Waals surface area contributed by atoms with Crippen molar-refractivity contribution in [1.29, 1.82) is 0 Å². The molecule has 1 N–H and O–H groups in total. The van der Waals surface area contributed by atoms with Gasteiger partial charge in [-0.1, -0.05) is 0 Å². The van der Waals surface area contributed by atoms with Gasteiger partial charge in [0.25, 0.3) is 10.0 Å². The fourth-order valence-electron chi connectivity index (χ4n) is 1.40. The van der Waals surface area contributed by atoms with Crippen LogP contribution in [0.2, 0.25) is 0 Å². The Morgan fingerprint density at radius 1 is 1.39 bits per heavy atom. The summed E-state index contributed by atoms with van der Waals surface area (Å²) in [6, 6.07) is 4.33. The van der Waals surface area contributed by atoms with E-state index in [1.165, 1.54) is 12.3 Å². The highest BCUT2D eigenvalue weighted by Crippen LogP contribution is 2.10. The molecule has 0 saturated carbocycles. The van der Waals surface area contributed by atoms with Crippen molar-refractivity contribution in [2.24, 2.45) is 0 Å². The first-order valence-corrected chi connectivity index (χ1v) is 7.63. The summed E-state index contributed by atoms with van der Waals surface area (Å²) in [5, 5.41) is 3.30. The highest BCUT2D eigenvalue weighted by molar-refractivity contribution is 7.89. The van der Waals surface area contributed by atoms with Crippen molar-refractivity contribution in [3.8, 4) is 0 Å². The molecule has 0 aliphatic carbocycles. The molecule has 0 radical (unpaired) electrons. The van der Waals surface area contributed by atoms with Crippen LogP contribution in [0.15, 0.2) is 40.2 Å². The molecule has 0 unspecified atom stereocenters. The fraction of sp³-hybridized carbons (Fsp3) is 0.182. The molecule has 7 heteroatoms. The van der Waals surface area contributed by atoms with Crippen LogP contribution in [-0.4, -0.2) is 19.9 Å². The summed E-state index contributed by atoms with van der Waals surface area (Å²) in [7, 11) is -3.88. The quantitative estimate of drug-likeness (QED) is 0.912. The Morgan fingerprint density at radius 3 is 2.89 bits per heavy atom. The maximum atomic E-state index is 13.3. The summed E-state index contributed by atoms with van der Waals surface area (Å²) < 4.78 is 39.2. The van der Waals surface area contributed by atoms with Gasteiger partial charge >= 0.3 is 0 Å². The lowest BCUT2D eigenvalue weighted by Gasteiger charge is -2.05. The van der Waals surface area contributed by atoms with E-state index in [2.05, 4.69) is 9.71 Å². The number of sulfonamides is 1. The van der Waals surface area contributed by atoms with Gasteiger partial charge in [0.05, 0.1) is 0 Å². The Bertz CT molecular complexity index is 612. The number of hydrogen-bond donors (Lipinski definition) is 1. The third-order valence-electron chi connectivity index (χ3n) is 2.27. The van der Waals surface area contributed by atoms with Crippen molar-refractivity contribution in [1.82, 2.24) is 9.71 Å². The van der Waals surface area contributed by atoms with Gasteiger partial charge in [-0.2, -0.15) is 11.3 Å². The molecule has 0 bridgehead atoms. The fourth-order valence-corrected chi connectivity index (χ4v) is 3.14. The maximum Gasteiger partial charge on any atom is 0.261 e. The first-order valence-electron chi connectivity index (χ1n) is 5.21. The van der Waals surface area contributed by atoms with E-state index in [9.17, 15) is 12.8 Å². The van der Waals surface area contributed by atoms with Gasteiger partial charge in [-0.25, -0.2) is 22.5 Å². The molecule has 2 rings (SSSR count). The molecule has 18 heavy (non-hydrogen) atoms. The Kier molecular flexibility index (Phi) is 4.05. The monoisotopic (exact) mass is 286 g/mol. The molecular weight excluding hydrogens is 275 g/mol. The zero-order valence-electron chi connectivity index (χ0n) is 9.34. The van der Waals surface area contributed by atoms with E-state index in [0.717, 1.165) is 11.6 Å². The summed E-state index contributed by atoms with van der Waals surface area (Å²) in [6.45, 7) is 0.217. The van der Waals surface area contributed by atoms with E-state index in [1.807, 2.05) is 16.8 Å². The van der Waals surface area contributed by atoms with Gasteiger partial charge in [0, 0.05) is 12.7 Å². The van der Waals surface area contributed by atoms with E-state index >= 15 is 0 Å². The average molecular weight is 286 g/mol. The molecule has 96 valence electrons. The molecule has 0 amide bonds. The summed E-state index contributed by atoms with van der Waals surface area (Å²) in [4.78, 5) is 3.54. The van der Waals surface area contributed by atoms with Gasteiger partial charge in [0.15, 0.2) is 5.82 Å². The topological polar surface area (TPSA) is 59.1 Å². The number of hydrogen-bond acceptors (Lipinski definition) is 4. The number of thiophene rings is 1. The van der Waals surface area contributed by atoms with Crippen LogP contribution in [0.25, 0.3) is 0 Å². The Morgan fingerprint density at radius 2 is 2.22 bits per heavy atom. The van der Waals surface area contributed by atoms with Crippen molar-refractivity contribution in [2.75, 3.05) is 6.54 Å². The third kappa shape index (κ3) is 3.12. The summed E-state index contributed by atoms with van der Waals surface area (Å²) >= 11 is 1.55. The van der Waals surface area contributed by atoms with Gasteiger partial charge in [-0.3, -0.25) is 0 Å². The van der Waals surface area contributed by atoms with E-state index < -0.39 is 20.9 Å². The predicted molar refractivity (Wildman–Crippen MR) is 67.4 cm³/mol. The molecule has 0 spiro atoms. The molecule has 0 aromatic carbocycles. The Labute approximate surface area is 109 Å². The van der Waals surface area contributed by atoms with Crippen LogP contribution in [-0.2, 0) is 16.4 Å². The first-order chi connectivity index (χ1) is 8.59. The molecule has 0 saturated heterocycles. The minimum Gasteiger partial charge on any atom is -0.241 e. The van der Waals surface area contributed by atoms with Crippen LogP contribution in [0.4, 0.5) is 4.39 Å². The minimum atomic E-state index is -3.88. The Hall–Kier alpha value is -1.31. The van der Waals surface area contributed by atoms with Crippen molar-refractivity contribution in [3.63, 3.8) is 0 Å². The van der Waals surface area contributed by atoms with Crippen molar-refractivity contribution < 1.29 is 12.8 Å². The van der Waals surface area contributed by atoms with Crippen LogP contribution in [0.5, 0.6) is 0 Å². The Balaban J connectivity index is 2.02. The third-order valence-corrected chi connectivity index (χ3v) is 4.39. The van der Waals surface area contributed by atoms with Gasteiger partial charge in [-0.05, 0) is 40.9 Å². The lowest BCUT2D eigenvalue weighted by atomic mass is 10.2. The van der Waals surface area contributed by atoms with Crippen LogP contribution >= 0.6 is 11.3 Å². The largest absolute Gasteiger partial charge is 0.261 e. The number of aromatic nitrogens is 1. The highest BCUT2D eigenvalue weighted by Gasteiger charge is 2.19. The van der Waals surface area contributed by atoms with E-state index in [0.29, 0.717) is 6.42 Å². The summed E-state index contributed by atoms with van der Waals surface area (Å²) in [5.74, 6) is -0.847. The summed E-state index contributed by atoms with van der Waals surface area (Å²) in [5.41, 5.74) is 1.05. The van der Waals surface area contributed by atoms with Crippen LogP contribution < -0.4 is 4.72 Å². The van der Waals surface area contributed by atoms with Crippen LogP contribution in [0.1, 0.15) is 5.56 Å². The maximum absolute atomic E-state index is 13.3. The normalized spacial score (nSPS) is 11.6. The van der Waals surface area contributed by atoms with Crippen molar-refractivity contribution in [3.05, 3.63) is 46.5 Å². The van der Waals surface area contributed by atoms with Gasteiger partial charge in [-0.15, -0.1) is 0 Å². The summed E-state index contributed by atoms with van der Waals surface area (Å²) in [6.07, 6.45) is 1.81. The van der Waals surface area contributed by atoms with Crippen molar-refractivity contribution in [2.45, 2.75) is 11.4 Å². The number of rotatable bonds is 5. The van der Waals surface area contributed by atoms with E-state index in [4.69, 9.17) is 0 Å². The number of nitrogens with zero attached hydrogens (tertiary/aromatic N) is 1. The van der Waals surface area contributed by atoms with E-state index in [-0.39, 0.29) is 6.54 Å². The lowest BCUT2D eigenvalue weighted by Crippen LogP contribution is -2.27. The SMILES string of the molecule is O=S(=O)(NCCc1ccsc1)c1ncccc1F. The molecule has 2 heterocycles. The zero-order chi connectivity index (χ0) is 13.0. The standard InChI is InChI=1S/C11H11FN2O2S2/c12-10-2-1-5-13-11(10)18(15,16)14-6-3-9-4-7-17-8-9/h1-2,4-5,7-8,14H,3,6H2. The molecule has 2 aromatic rings. The lowest BCUT2D eigenvalue weighted by molar-refractivity contribution is 0.545. The first kappa shape index (κ1) is 13.1. The minimum absolute atomic E-state index is 0.217.